The van der Waals surface area contributed by atoms with Crippen LogP contribution in [0.15, 0.2) is 47.4 Å². The average molecular weight is 397 g/mol. The molecular weight excluding hydrogens is 376 g/mol. The lowest BCUT2D eigenvalue weighted by molar-refractivity contribution is -0.115. The topological polar surface area (TPSA) is 59.3 Å². The number of unbranched alkanes of at least 4 members (excludes halogenated alkanes) is 1. The molecule has 0 aliphatic heterocycles. The second-order valence-corrected chi connectivity index (χ2v) is 8.12. The molecule has 0 aliphatic rings. The van der Waals surface area contributed by atoms with Gasteiger partial charge < -0.3 is 5.32 Å². The van der Waals surface area contributed by atoms with E-state index in [4.69, 9.17) is 0 Å². The molecule has 0 aliphatic carbocycles. The Balaban J connectivity index is 1.38. The second kappa shape index (κ2) is 8.02. The van der Waals surface area contributed by atoms with E-state index < -0.39 is 0 Å². The Bertz CT molecular complexity index is 1020. The fourth-order valence-electron chi connectivity index (χ4n) is 2.88. The van der Waals surface area contributed by atoms with Crippen LogP contribution in [0.2, 0.25) is 0 Å². The molecule has 0 saturated carbocycles. The highest BCUT2D eigenvalue weighted by atomic mass is 32.1. The molecule has 1 aromatic carbocycles. The van der Waals surface area contributed by atoms with Crippen LogP contribution < -0.4 is 5.32 Å². The summed E-state index contributed by atoms with van der Waals surface area (Å²) in [6, 6.07) is 8.52. The zero-order valence-corrected chi connectivity index (χ0v) is 16.6. The number of nitrogens with zero attached hydrogens (tertiary/aromatic N) is 3. The number of anilines is 1. The summed E-state index contributed by atoms with van der Waals surface area (Å²) in [7, 11) is 0. The van der Waals surface area contributed by atoms with Crippen molar-refractivity contribution in [2.45, 2.75) is 32.6 Å². The van der Waals surface area contributed by atoms with Gasteiger partial charge in [0, 0.05) is 28.7 Å². The van der Waals surface area contributed by atoms with Gasteiger partial charge in [0.15, 0.2) is 10.1 Å². The van der Waals surface area contributed by atoms with E-state index in [2.05, 4.69) is 46.5 Å². The van der Waals surface area contributed by atoms with Gasteiger partial charge in [0.25, 0.3) is 0 Å². The van der Waals surface area contributed by atoms with E-state index >= 15 is 0 Å². The van der Waals surface area contributed by atoms with Gasteiger partial charge in [-0.1, -0.05) is 37.6 Å². The van der Waals surface area contributed by atoms with Crippen LogP contribution >= 0.6 is 22.7 Å². The van der Waals surface area contributed by atoms with Gasteiger partial charge in [-0.3, -0.25) is 9.20 Å². The highest BCUT2D eigenvalue weighted by Crippen LogP contribution is 2.25. The van der Waals surface area contributed by atoms with Gasteiger partial charge in [0.2, 0.25) is 5.91 Å². The first-order valence-electron chi connectivity index (χ1n) is 8.97. The standard InChI is InChI=1S/C20H20N4OS2/c1-2-3-4-14-5-7-15(8-6-14)17-13-27-19(22-17)23-18(25)11-16-12-24-9-10-26-20(24)21-16/h5-10,12-13H,2-4,11H2,1H3,(H,22,23,25). The van der Waals surface area contributed by atoms with Crippen molar-refractivity contribution in [3.05, 3.63) is 58.7 Å². The molecule has 5 nitrogen and oxygen atoms in total. The van der Waals surface area contributed by atoms with Gasteiger partial charge in [0.1, 0.15) is 0 Å². The summed E-state index contributed by atoms with van der Waals surface area (Å²) < 4.78 is 1.93. The van der Waals surface area contributed by atoms with Crippen LogP contribution in [0.25, 0.3) is 16.2 Å². The SMILES string of the molecule is CCCCc1ccc(-c2csc(NC(=O)Cc3cn4ccsc4n3)n2)cc1. The molecule has 0 atom stereocenters. The van der Waals surface area contributed by atoms with Gasteiger partial charge in [-0.15, -0.1) is 22.7 Å². The van der Waals surface area contributed by atoms with Crippen molar-refractivity contribution in [2.75, 3.05) is 5.32 Å². The Labute approximate surface area is 165 Å². The summed E-state index contributed by atoms with van der Waals surface area (Å²) in [5.74, 6) is -0.100. The van der Waals surface area contributed by atoms with Crippen LogP contribution in [0.4, 0.5) is 5.13 Å². The zero-order valence-electron chi connectivity index (χ0n) is 15.0. The molecule has 0 fully saturated rings. The van der Waals surface area contributed by atoms with Crippen molar-refractivity contribution in [3.8, 4) is 11.3 Å². The van der Waals surface area contributed by atoms with Crippen LogP contribution in [0.1, 0.15) is 31.0 Å². The molecule has 0 saturated heterocycles. The number of aromatic nitrogens is 3. The van der Waals surface area contributed by atoms with Gasteiger partial charge in [-0.2, -0.15) is 0 Å². The molecule has 4 rings (SSSR count). The number of nitrogens with one attached hydrogen (secondary N) is 1. The number of hydrogen-bond acceptors (Lipinski definition) is 5. The van der Waals surface area contributed by atoms with Crippen molar-refractivity contribution in [3.63, 3.8) is 0 Å². The molecule has 3 aromatic heterocycles. The summed E-state index contributed by atoms with van der Waals surface area (Å²) in [5, 5.41) is 7.44. The van der Waals surface area contributed by atoms with E-state index in [9.17, 15) is 4.79 Å². The predicted molar refractivity (Wildman–Crippen MR) is 112 cm³/mol. The molecule has 1 N–H and O–H groups in total. The number of fused-ring (bicyclic) bond motifs is 1. The lowest BCUT2D eigenvalue weighted by atomic mass is 10.1. The molecule has 0 unspecified atom stereocenters. The number of benzene rings is 1. The minimum absolute atomic E-state index is 0.100. The number of thiazole rings is 2. The highest BCUT2D eigenvalue weighted by molar-refractivity contribution is 7.15. The lowest BCUT2D eigenvalue weighted by Crippen LogP contribution is -2.14. The Kier molecular flexibility index (Phi) is 5.31. The normalized spacial score (nSPS) is 11.1. The number of carbonyl (C=O) groups excluding carboxylic acids is 1. The highest BCUT2D eigenvalue weighted by Gasteiger charge is 2.11. The molecule has 3 heterocycles. The van der Waals surface area contributed by atoms with E-state index in [1.165, 1.54) is 29.7 Å². The monoisotopic (exact) mass is 396 g/mol. The minimum atomic E-state index is -0.100. The van der Waals surface area contributed by atoms with Crippen molar-refractivity contribution < 1.29 is 4.79 Å². The summed E-state index contributed by atoms with van der Waals surface area (Å²) >= 11 is 3.00. The van der Waals surface area contributed by atoms with Crippen molar-refractivity contribution in [1.82, 2.24) is 14.4 Å². The predicted octanol–water partition coefficient (Wildman–Crippen LogP) is 5.04. The summed E-state index contributed by atoms with van der Waals surface area (Å²) in [5.41, 5.74) is 4.07. The largest absolute Gasteiger partial charge is 0.302 e. The van der Waals surface area contributed by atoms with Gasteiger partial charge >= 0.3 is 0 Å². The molecule has 138 valence electrons. The number of rotatable bonds is 7. The second-order valence-electron chi connectivity index (χ2n) is 6.39. The maximum Gasteiger partial charge on any atom is 0.232 e. The number of imidazole rings is 1. The smallest absolute Gasteiger partial charge is 0.232 e. The van der Waals surface area contributed by atoms with E-state index in [0.717, 1.165) is 28.3 Å². The third-order valence-electron chi connectivity index (χ3n) is 4.30. The third-order valence-corrected chi connectivity index (χ3v) is 5.83. The first kappa shape index (κ1) is 17.9. The molecule has 7 heteroatoms. The summed E-state index contributed by atoms with van der Waals surface area (Å²) in [4.78, 5) is 22.2. The number of amides is 1. The fourth-order valence-corrected chi connectivity index (χ4v) is 4.33. The maximum atomic E-state index is 12.3. The van der Waals surface area contributed by atoms with Crippen LogP contribution in [0.5, 0.6) is 0 Å². The summed E-state index contributed by atoms with van der Waals surface area (Å²) in [6.07, 6.45) is 7.60. The Morgan fingerprint density at radius 3 is 2.81 bits per heavy atom. The molecule has 0 bridgehead atoms. The van der Waals surface area contributed by atoms with Gasteiger partial charge in [-0.25, -0.2) is 9.97 Å². The summed E-state index contributed by atoms with van der Waals surface area (Å²) in [6.45, 7) is 2.20. The first-order valence-corrected chi connectivity index (χ1v) is 10.7. The van der Waals surface area contributed by atoms with Crippen LogP contribution in [-0.2, 0) is 17.6 Å². The Morgan fingerprint density at radius 2 is 2.04 bits per heavy atom. The molecule has 0 radical (unpaired) electrons. The van der Waals surface area contributed by atoms with E-state index in [1.807, 2.05) is 27.6 Å². The van der Waals surface area contributed by atoms with Gasteiger partial charge in [0.05, 0.1) is 17.8 Å². The third kappa shape index (κ3) is 4.26. The Morgan fingerprint density at radius 1 is 1.19 bits per heavy atom. The molecule has 0 spiro atoms. The van der Waals surface area contributed by atoms with Crippen LogP contribution in [-0.4, -0.2) is 20.3 Å². The quantitative estimate of drug-likeness (QED) is 0.476. The number of hydrogen-bond donors (Lipinski definition) is 1. The van der Waals surface area contributed by atoms with Crippen molar-refractivity contribution >= 4 is 38.7 Å². The lowest BCUT2D eigenvalue weighted by Gasteiger charge is -2.02. The maximum absolute atomic E-state index is 12.3. The van der Waals surface area contributed by atoms with E-state index in [-0.39, 0.29) is 12.3 Å². The molecule has 4 aromatic rings. The van der Waals surface area contributed by atoms with E-state index in [1.54, 1.807) is 11.3 Å². The minimum Gasteiger partial charge on any atom is -0.302 e. The number of carbonyl (C=O) groups is 1. The van der Waals surface area contributed by atoms with Crippen LogP contribution in [0.3, 0.4) is 0 Å². The fraction of sp³-hybridized carbons (Fsp3) is 0.250. The first-order chi connectivity index (χ1) is 13.2. The molecular formula is C20H20N4OS2. The zero-order chi connectivity index (χ0) is 18.6. The number of aryl methyl sites for hydroxylation is 1. The van der Waals surface area contributed by atoms with Crippen molar-refractivity contribution in [1.29, 1.82) is 0 Å². The molecule has 1 amide bonds. The molecule has 27 heavy (non-hydrogen) atoms. The Hall–Kier alpha value is -2.51. The van der Waals surface area contributed by atoms with E-state index in [0.29, 0.717) is 5.13 Å². The van der Waals surface area contributed by atoms with Crippen molar-refractivity contribution in [2.24, 2.45) is 0 Å². The average Bonchev–Trinajstić information content (AvgIpc) is 3.37. The van der Waals surface area contributed by atoms with Crippen LogP contribution in [0, 0.1) is 0 Å². The van der Waals surface area contributed by atoms with Gasteiger partial charge in [-0.05, 0) is 18.4 Å².